The molecule has 1 heterocycles. The molecule has 2 rings (SSSR count). The maximum absolute atomic E-state index is 10.3. The molecule has 0 fully saturated rings. The van der Waals surface area contributed by atoms with Crippen LogP contribution >= 0.6 is 0 Å². The van der Waals surface area contributed by atoms with Crippen LogP contribution in [0.3, 0.4) is 0 Å². The minimum atomic E-state index is -0.298. The van der Waals surface area contributed by atoms with Crippen LogP contribution in [-0.4, -0.2) is 18.6 Å². The molecule has 0 aliphatic carbocycles. The second-order valence-electron chi connectivity index (χ2n) is 7.22. The number of ether oxygens (including phenoxy) is 1. The van der Waals surface area contributed by atoms with E-state index in [1.54, 1.807) is 5.82 Å². The highest BCUT2D eigenvalue weighted by atomic mass is 16.5. The molecular formula is C23H31BO2. The highest BCUT2D eigenvalue weighted by molar-refractivity contribution is 6.21. The Hall–Kier alpha value is -2.08. The Morgan fingerprint density at radius 1 is 1.35 bits per heavy atom. The molecule has 26 heavy (non-hydrogen) atoms. The van der Waals surface area contributed by atoms with Crippen molar-refractivity contribution < 1.29 is 9.84 Å². The molecule has 1 aromatic carbocycles. The van der Waals surface area contributed by atoms with E-state index in [2.05, 4.69) is 60.2 Å². The Kier molecular flexibility index (Phi) is 9.14. The molecule has 0 saturated carbocycles. The van der Waals surface area contributed by atoms with Gasteiger partial charge in [0.1, 0.15) is 17.1 Å². The summed E-state index contributed by atoms with van der Waals surface area (Å²) >= 11 is 0. The van der Waals surface area contributed by atoms with Crippen LogP contribution in [0.15, 0.2) is 29.9 Å². The minimum absolute atomic E-state index is 0.298. The highest BCUT2D eigenvalue weighted by Gasteiger charge is 2.28. The SMILES string of the molecule is CCCCCc1cc(O)c2c(c1)OC(C)(CCC=C(C)C)C=C2.[B]C#C. The predicted octanol–water partition coefficient (Wildman–Crippen LogP) is 5.78. The smallest absolute Gasteiger partial charge is 0.187 e. The first-order valence-electron chi connectivity index (χ1n) is 9.39. The first-order valence-corrected chi connectivity index (χ1v) is 9.39. The van der Waals surface area contributed by atoms with Crippen LogP contribution in [0.1, 0.15) is 70.9 Å². The Morgan fingerprint density at radius 3 is 2.65 bits per heavy atom. The fourth-order valence-corrected chi connectivity index (χ4v) is 2.97. The van der Waals surface area contributed by atoms with Crippen LogP contribution in [0.25, 0.3) is 6.08 Å². The number of aromatic hydroxyl groups is 1. The molecule has 2 radical (unpaired) electrons. The second-order valence-corrected chi connectivity index (χ2v) is 7.22. The maximum Gasteiger partial charge on any atom is 0.187 e. The van der Waals surface area contributed by atoms with Crippen molar-refractivity contribution in [1.82, 2.24) is 0 Å². The largest absolute Gasteiger partial charge is 0.507 e. The zero-order valence-electron chi connectivity index (χ0n) is 16.6. The summed E-state index contributed by atoms with van der Waals surface area (Å²) in [5.74, 6) is 2.90. The van der Waals surface area contributed by atoms with Gasteiger partial charge in [0.2, 0.25) is 0 Å². The van der Waals surface area contributed by atoms with Gasteiger partial charge in [0, 0.05) is 0 Å². The van der Waals surface area contributed by atoms with E-state index in [9.17, 15) is 5.11 Å². The normalized spacial score (nSPS) is 17.2. The first kappa shape index (κ1) is 22.0. The molecule has 0 spiro atoms. The number of unbranched alkanes of at least 4 members (excludes halogenated alkanes) is 2. The van der Waals surface area contributed by atoms with Crippen molar-refractivity contribution in [1.29, 1.82) is 0 Å². The zero-order valence-corrected chi connectivity index (χ0v) is 16.6. The lowest BCUT2D eigenvalue weighted by molar-refractivity contribution is 0.128. The van der Waals surface area contributed by atoms with Crippen molar-refractivity contribution in [2.75, 3.05) is 0 Å². The molecular weight excluding hydrogens is 319 g/mol. The topological polar surface area (TPSA) is 29.5 Å². The number of rotatable bonds is 7. The molecule has 3 heteroatoms. The molecule has 2 nitrogen and oxygen atoms in total. The van der Waals surface area contributed by atoms with Crippen LogP contribution in [-0.2, 0) is 6.42 Å². The summed E-state index contributed by atoms with van der Waals surface area (Å²) in [7, 11) is 4.38. The van der Waals surface area contributed by atoms with Gasteiger partial charge in [-0.1, -0.05) is 31.4 Å². The standard InChI is InChI=1S/C21H30O2.C2HB/c1-5-6-7-10-17-14-19(22)18-11-13-21(4,23-20(18)15-17)12-8-9-16(2)3;1-2-3/h9,11,13-15,22H,5-8,10,12H2,1-4H3;1H. The highest BCUT2D eigenvalue weighted by Crippen LogP contribution is 2.39. The van der Waals surface area contributed by atoms with Crippen LogP contribution in [0, 0.1) is 12.2 Å². The number of allylic oxidation sites excluding steroid dienone is 2. The zero-order chi connectivity index (χ0) is 19.6. The summed E-state index contributed by atoms with van der Waals surface area (Å²) < 4.78 is 6.25. The van der Waals surface area contributed by atoms with Gasteiger partial charge in [-0.25, -0.2) is 0 Å². The van der Waals surface area contributed by atoms with E-state index >= 15 is 0 Å². The number of aryl methyl sites for hydroxylation is 1. The second kappa shape index (κ2) is 10.8. The molecule has 1 atom stereocenters. The van der Waals surface area contributed by atoms with Crippen molar-refractivity contribution in [3.63, 3.8) is 0 Å². The molecule has 0 aromatic heterocycles. The van der Waals surface area contributed by atoms with E-state index in [1.165, 1.54) is 18.4 Å². The van der Waals surface area contributed by atoms with Crippen molar-refractivity contribution in [3.8, 4) is 23.7 Å². The summed E-state index contributed by atoms with van der Waals surface area (Å²) in [6, 6.07) is 3.99. The summed E-state index contributed by atoms with van der Waals surface area (Å²) in [6.45, 7) is 8.56. The van der Waals surface area contributed by atoms with Crippen LogP contribution in [0.5, 0.6) is 11.5 Å². The molecule has 0 saturated heterocycles. The Morgan fingerprint density at radius 2 is 2.04 bits per heavy atom. The van der Waals surface area contributed by atoms with E-state index in [0.717, 1.165) is 42.6 Å². The van der Waals surface area contributed by atoms with E-state index in [-0.39, 0.29) is 5.60 Å². The predicted molar refractivity (Wildman–Crippen MR) is 113 cm³/mol. The molecule has 138 valence electrons. The fourth-order valence-electron chi connectivity index (χ4n) is 2.97. The lowest BCUT2D eigenvalue weighted by atomic mass is 9.93. The number of phenolic OH excluding ortho intramolecular Hbond substituents is 1. The van der Waals surface area contributed by atoms with Gasteiger partial charge in [0.05, 0.1) is 5.56 Å². The number of hydrogen-bond acceptors (Lipinski definition) is 2. The first-order chi connectivity index (χ1) is 12.3. The summed E-state index contributed by atoms with van der Waals surface area (Å²) in [4.78, 5) is 0. The van der Waals surface area contributed by atoms with Gasteiger partial charge in [-0.3, -0.25) is 0 Å². The van der Waals surface area contributed by atoms with Crippen molar-refractivity contribution in [2.45, 2.75) is 71.8 Å². The van der Waals surface area contributed by atoms with Gasteiger partial charge < -0.3 is 9.84 Å². The van der Waals surface area contributed by atoms with Crippen LogP contribution in [0.2, 0.25) is 0 Å². The van der Waals surface area contributed by atoms with Gasteiger partial charge in [-0.2, -0.15) is 5.82 Å². The quantitative estimate of drug-likeness (QED) is 0.292. The number of hydrogen-bond donors (Lipinski definition) is 1. The lowest BCUT2D eigenvalue weighted by Crippen LogP contribution is -2.31. The average Bonchev–Trinajstić information content (AvgIpc) is 2.55. The van der Waals surface area contributed by atoms with E-state index in [1.807, 2.05) is 12.1 Å². The fraction of sp³-hybridized carbons (Fsp3) is 0.478. The van der Waals surface area contributed by atoms with Gasteiger partial charge >= 0.3 is 0 Å². The summed E-state index contributed by atoms with van der Waals surface area (Å²) in [6.07, 6.45) is 17.2. The van der Waals surface area contributed by atoms with Gasteiger partial charge in [-0.15, -0.1) is 6.42 Å². The number of fused-ring (bicyclic) bond motifs is 1. The Balaban J connectivity index is 0.00000105. The third-order valence-corrected chi connectivity index (χ3v) is 4.39. The number of benzene rings is 1. The molecule has 1 aliphatic heterocycles. The minimum Gasteiger partial charge on any atom is -0.507 e. The molecule has 0 amide bonds. The van der Waals surface area contributed by atoms with E-state index < -0.39 is 0 Å². The molecule has 1 N–H and O–H groups in total. The Bertz CT molecular complexity index is 678. The molecule has 0 bridgehead atoms. The van der Waals surface area contributed by atoms with Crippen LogP contribution in [0.4, 0.5) is 0 Å². The summed E-state index contributed by atoms with van der Waals surface area (Å²) in [5, 5.41) is 10.3. The van der Waals surface area contributed by atoms with Gasteiger partial charge in [0.25, 0.3) is 0 Å². The van der Waals surface area contributed by atoms with Crippen LogP contribution < -0.4 is 4.74 Å². The average molecular weight is 350 g/mol. The van der Waals surface area contributed by atoms with Crippen molar-refractivity contribution in [2.24, 2.45) is 0 Å². The van der Waals surface area contributed by atoms with Crippen molar-refractivity contribution >= 4 is 13.9 Å². The molecule has 1 aromatic rings. The third-order valence-electron chi connectivity index (χ3n) is 4.39. The monoisotopic (exact) mass is 350 g/mol. The van der Waals surface area contributed by atoms with Gasteiger partial charge in [-0.05, 0) is 76.3 Å². The van der Waals surface area contributed by atoms with E-state index in [0.29, 0.717) is 5.75 Å². The summed E-state index contributed by atoms with van der Waals surface area (Å²) in [5.41, 5.74) is 3.01. The molecule has 1 unspecified atom stereocenters. The van der Waals surface area contributed by atoms with Crippen molar-refractivity contribution in [3.05, 3.63) is 41.0 Å². The van der Waals surface area contributed by atoms with Gasteiger partial charge in [0.15, 0.2) is 7.85 Å². The molecule has 1 aliphatic rings. The Labute approximate surface area is 160 Å². The van der Waals surface area contributed by atoms with E-state index in [4.69, 9.17) is 4.74 Å². The number of terminal acetylenes is 1. The number of phenols is 1. The lowest BCUT2D eigenvalue weighted by Gasteiger charge is -2.32. The maximum atomic E-state index is 10.3. The third kappa shape index (κ3) is 7.04.